The molecule has 2 aromatic carbocycles. The number of piperidine rings is 1. The van der Waals surface area contributed by atoms with Gasteiger partial charge in [0.1, 0.15) is 23.4 Å². The Bertz CT molecular complexity index is 1100. The number of carbonyl (C=O) groups is 1. The Morgan fingerprint density at radius 1 is 1.25 bits per heavy atom. The molecule has 0 bridgehead atoms. The van der Waals surface area contributed by atoms with Gasteiger partial charge >= 0.3 is 0 Å². The first-order valence-corrected chi connectivity index (χ1v) is 11.6. The van der Waals surface area contributed by atoms with Crippen LogP contribution >= 0.6 is 0 Å². The number of hydrogen-bond donors (Lipinski definition) is 4. The fraction of sp³-hybridized carbons (Fsp3) is 0.409. The average Bonchev–Trinajstić information content (AvgIpc) is 2.74. The summed E-state index contributed by atoms with van der Waals surface area (Å²) in [6.07, 6.45) is -0.0300. The molecule has 1 amide bonds. The molecule has 3 rings (SSSR count). The van der Waals surface area contributed by atoms with E-state index in [2.05, 4.69) is 5.32 Å². The minimum atomic E-state index is -4.15. The van der Waals surface area contributed by atoms with Gasteiger partial charge in [-0.2, -0.15) is 0 Å². The lowest BCUT2D eigenvalue weighted by molar-refractivity contribution is -0.160. The molecule has 0 radical (unpaired) electrons. The van der Waals surface area contributed by atoms with Crippen LogP contribution in [0.25, 0.3) is 0 Å². The number of amides is 1. The van der Waals surface area contributed by atoms with Crippen molar-refractivity contribution in [3.63, 3.8) is 0 Å². The van der Waals surface area contributed by atoms with Crippen LogP contribution in [0.3, 0.4) is 0 Å². The summed E-state index contributed by atoms with van der Waals surface area (Å²) in [7, 11) is -4.15. The number of ether oxygens (including phenoxy) is 1. The van der Waals surface area contributed by atoms with E-state index in [0.717, 1.165) is 11.1 Å². The van der Waals surface area contributed by atoms with Crippen molar-refractivity contribution in [2.45, 2.75) is 55.1 Å². The number of aryl methyl sites for hydroxylation is 1. The topological polar surface area (TPSA) is 125 Å². The first-order valence-electron chi connectivity index (χ1n) is 10.1. The predicted octanol–water partition coefficient (Wildman–Crippen LogP) is 1.86. The molecule has 174 valence electrons. The van der Waals surface area contributed by atoms with E-state index in [9.17, 15) is 22.7 Å². The van der Waals surface area contributed by atoms with Crippen LogP contribution in [-0.4, -0.2) is 47.6 Å². The summed E-state index contributed by atoms with van der Waals surface area (Å²) in [5, 5.41) is 21.8. The average molecular weight is 467 g/mol. The normalized spacial score (nSPS) is 22.9. The molecule has 1 heterocycles. The van der Waals surface area contributed by atoms with Crippen LogP contribution < -0.4 is 15.5 Å². The van der Waals surface area contributed by atoms with Gasteiger partial charge in [0.05, 0.1) is 10.4 Å². The lowest BCUT2D eigenvalue weighted by Crippen LogP contribution is -2.75. The number of carbonyl (C=O) groups excluding carboxylic acids is 1. The van der Waals surface area contributed by atoms with Crippen molar-refractivity contribution in [3.05, 3.63) is 59.4 Å². The molecule has 2 atom stereocenters. The summed E-state index contributed by atoms with van der Waals surface area (Å²) >= 11 is 0. The highest BCUT2D eigenvalue weighted by atomic mass is 32.2. The third-order valence-corrected chi connectivity index (χ3v) is 8.32. The number of hydrogen-bond acceptors (Lipinski definition) is 7. The third-order valence-electron chi connectivity index (χ3n) is 6.07. The maximum atomic E-state index is 13.4. The Labute approximate surface area is 186 Å². The van der Waals surface area contributed by atoms with Gasteiger partial charge in [-0.3, -0.25) is 10.0 Å². The number of hydroxylamine groups is 1. The molecule has 0 saturated carbocycles. The highest BCUT2D eigenvalue weighted by Crippen LogP contribution is 2.38. The Morgan fingerprint density at radius 3 is 2.50 bits per heavy atom. The molecule has 4 N–H and O–H groups in total. The van der Waals surface area contributed by atoms with Crippen LogP contribution in [0.5, 0.6) is 5.75 Å². The molecule has 2 aromatic rings. The molecular formula is C22H27FN2O6S. The van der Waals surface area contributed by atoms with Gasteiger partial charge in [-0.1, -0.05) is 6.07 Å². The van der Waals surface area contributed by atoms with Crippen molar-refractivity contribution >= 4 is 15.7 Å². The monoisotopic (exact) mass is 466 g/mol. The van der Waals surface area contributed by atoms with Gasteiger partial charge in [-0.15, -0.1) is 0 Å². The van der Waals surface area contributed by atoms with Crippen LogP contribution in [0.4, 0.5) is 4.39 Å². The van der Waals surface area contributed by atoms with E-state index in [1.54, 1.807) is 13.0 Å². The first kappa shape index (κ1) is 24.1. The fourth-order valence-corrected chi connectivity index (χ4v) is 6.15. The third kappa shape index (κ3) is 4.23. The van der Waals surface area contributed by atoms with E-state index in [1.807, 2.05) is 0 Å². The van der Waals surface area contributed by atoms with Crippen molar-refractivity contribution in [2.75, 3.05) is 6.54 Å². The Balaban J connectivity index is 1.84. The number of aliphatic hydroxyl groups is 1. The highest BCUT2D eigenvalue weighted by molar-refractivity contribution is 7.92. The molecule has 1 fully saturated rings. The predicted molar refractivity (Wildman–Crippen MR) is 114 cm³/mol. The van der Waals surface area contributed by atoms with Gasteiger partial charge < -0.3 is 15.2 Å². The van der Waals surface area contributed by atoms with E-state index in [-0.39, 0.29) is 30.3 Å². The quantitative estimate of drug-likeness (QED) is 0.378. The van der Waals surface area contributed by atoms with Crippen LogP contribution in [0.15, 0.2) is 47.4 Å². The van der Waals surface area contributed by atoms with Crippen LogP contribution in [0.1, 0.15) is 31.4 Å². The van der Waals surface area contributed by atoms with Crippen LogP contribution in [-0.2, 0) is 21.2 Å². The summed E-state index contributed by atoms with van der Waals surface area (Å²) in [5.41, 5.74) is -0.798. The fourth-order valence-electron chi connectivity index (χ4n) is 4.03. The van der Waals surface area contributed by atoms with E-state index in [0.29, 0.717) is 5.75 Å². The van der Waals surface area contributed by atoms with Crippen LogP contribution in [0, 0.1) is 12.7 Å². The Hall–Kier alpha value is -2.53. The summed E-state index contributed by atoms with van der Waals surface area (Å²) < 4.78 is 45.6. The van der Waals surface area contributed by atoms with E-state index >= 15 is 0 Å². The van der Waals surface area contributed by atoms with E-state index in [1.165, 1.54) is 55.7 Å². The lowest BCUT2D eigenvalue weighted by atomic mass is 9.75. The van der Waals surface area contributed by atoms with Crippen molar-refractivity contribution < 1.29 is 32.7 Å². The van der Waals surface area contributed by atoms with Gasteiger partial charge in [-0.05, 0) is 81.3 Å². The summed E-state index contributed by atoms with van der Waals surface area (Å²) in [6, 6.07) is 9.99. The SMILES string of the molecule is Cc1cc(F)ccc1COc1ccc(S(=O)(=O)C2CCNC(C)(C)C2(O)C(=O)NO)cc1. The van der Waals surface area contributed by atoms with Crippen molar-refractivity contribution in [1.29, 1.82) is 0 Å². The second-order valence-corrected chi connectivity index (χ2v) is 10.5. The molecule has 10 heteroatoms. The van der Waals surface area contributed by atoms with Gasteiger partial charge in [0, 0.05) is 0 Å². The molecule has 1 saturated heterocycles. The number of benzene rings is 2. The zero-order chi connectivity index (χ0) is 23.7. The number of sulfone groups is 1. The molecule has 2 unspecified atom stereocenters. The number of nitrogens with one attached hydrogen (secondary N) is 2. The maximum absolute atomic E-state index is 13.4. The minimum Gasteiger partial charge on any atom is -0.489 e. The molecular weight excluding hydrogens is 439 g/mol. The largest absolute Gasteiger partial charge is 0.489 e. The molecule has 0 spiro atoms. The zero-order valence-corrected chi connectivity index (χ0v) is 18.9. The number of halogens is 1. The maximum Gasteiger partial charge on any atom is 0.278 e. The molecule has 1 aliphatic rings. The van der Waals surface area contributed by atoms with Gasteiger partial charge in [0.15, 0.2) is 15.4 Å². The smallest absolute Gasteiger partial charge is 0.278 e. The Morgan fingerprint density at radius 2 is 1.91 bits per heavy atom. The standard InChI is InChI=1S/C22H27FN2O6S/c1-14-12-16(23)5-4-15(14)13-31-17-6-8-18(9-7-17)32(29,30)19-10-11-24-21(2,3)22(19,27)20(26)25-28/h4-9,12,19,24,27-28H,10-11,13H2,1-3H3,(H,25,26). The highest BCUT2D eigenvalue weighted by Gasteiger charge is 2.61. The summed E-state index contributed by atoms with van der Waals surface area (Å²) in [5.74, 6) is -1.13. The van der Waals surface area contributed by atoms with Crippen molar-refractivity contribution in [3.8, 4) is 5.75 Å². The van der Waals surface area contributed by atoms with Crippen molar-refractivity contribution in [1.82, 2.24) is 10.8 Å². The second-order valence-electron chi connectivity index (χ2n) is 8.41. The molecule has 32 heavy (non-hydrogen) atoms. The summed E-state index contributed by atoms with van der Waals surface area (Å²) in [6.45, 7) is 5.20. The molecule has 0 aliphatic carbocycles. The van der Waals surface area contributed by atoms with Crippen molar-refractivity contribution in [2.24, 2.45) is 0 Å². The Kier molecular flexibility index (Phi) is 6.62. The first-order chi connectivity index (χ1) is 14.9. The van der Waals surface area contributed by atoms with Crippen LogP contribution in [0.2, 0.25) is 0 Å². The van der Waals surface area contributed by atoms with Gasteiger partial charge in [-0.25, -0.2) is 18.3 Å². The minimum absolute atomic E-state index is 0.0300. The summed E-state index contributed by atoms with van der Waals surface area (Å²) in [4.78, 5) is 12.3. The molecule has 8 nitrogen and oxygen atoms in total. The lowest BCUT2D eigenvalue weighted by Gasteiger charge is -2.49. The zero-order valence-electron chi connectivity index (χ0n) is 18.1. The van der Waals surface area contributed by atoms with Gasteiger partial charge in [0.25, 0.3) is 5.91 Å². The van der Waals surface area contributed by atoms with Gasteiger partial charge in [0.2, 0.25) is 0 Å². The van der Waals surface area contributed by atoms with E-state index < -0.39 is 32.1 Å². The van der Waals surface area contributed by atoms with E-state index in [4.69, 9.17) is 9.94 Å². The number of rotatable bonds is 6. The molecule has 1 aliphatic heterocycles. The second kappa shape index (κ2) is 8.78. The molecule has 0 aromatic heterocycles.